The molecule has 4 heterocycles. The molecule has 0 bridgehead atoms. The molecule has 3 aliphatic rings. The molecule has 0 saturated carbocycles. The molecule has 1 aromatic heterocycles. The van der Waals surface area contributed by atoms with Crippen LogP contribution in [0.3, 0.4) is 0 Å². The Labute approximate surface area is 219 Å². The third kappa shape index (κ3) is 4.15. The summed E-state index contributed by atoms with van der Waals surface area (Å²) in [5.41, 5.74) is 3.38. The Bertz CT molecular complexity index is 1400. The molecule has 11 heteroatoms. The second kappa shape index (κ2) is 9.28. The third-order valence-corrected chi connectivity index (χ3v) is 7.27. The van der Waals surface area contributed by atoms with Gasteiger partial charge >= 0.3 is 0 Å². The summed E-state index contributed by atoms with van der Waals surface area (Å²) >= 11 is 6.29. The van der Waals surface area contributed by atoms with Crippen molar-refractivity contribution in [3.05, 3.63) is 64.6 Å². The number of aryl methyl sites for hydroxylation is 1. The number of carbonyl (C=O) groups is 1. The summed E-state index contributed by atoms with van der Waals surface area (Å²) < 4.78 is 14.8. The second-order valence-corrected chi connectivity index (χ2v) is 9.80. The highest BCUT2D eigenvalue weighted by molar-refractivity contribution is 6.38. The van der Waals surface area contributed by atoms with Crippen LogP contribution in [0.5, 0.6) is 0 Å². The number of benzene rings is 2. The number of aromatic nitrogens is 2. The number of aliphatic imine (C=N–C) groups is 1. The van der Waals surface area contributed by atoms with Crippen molar-refractivity contribution in [2.75, 3.05) is 66.3 Å². The monoisotopic (exact) mass is 520 g/mol. The maximum Gasteiger partial charge on any atom is 0.270 e. The molecule has 3 aliphatic heterocycles. The molecule has 0 atom stereocenters. The number of carbonyl (C=O) groups excluding carboxylic acids is 1. The van der Waals surface area contributed by atoms with Crippen molar-refractivity contribution >= 4 is 52.3 Å². The van der Waals surface area contributed by atoms with Crippen LogP contribution in [0.1, 0.15) is 15.9 Å². The topological polar surface area (TPSA) is 80.2 Å². The number of hydrogen-bond acceptors (Lipinski definition) is 8. The van der Waals surface area contributed by atoms with Crippen LogP contribution < -0.4 is 20.0 Å². The number of anilines is 5. The van der Waals surface area contributed by atoms with Gasteiger partial charge in [-0.25, -0.2) is 14.3 Å². The van der Waals surface area contributed by atoms with Crippen LogP contribution in [0, 0.1) is 12.7 Å². The van der Waals surface area contributed by atoms with Gasteiger partial charge in [-0.15, -0.1) is 0 Å². The molecule has 9 nitrogen and oxygen atoms in total. The fourth-order valence-corrected chi connectivity index (χ4v) is 5.15. The summed E-state index contributed by atoms with van der Waals surface area (Å²) in [6.07, 6.45) is 1.47. The Morgan fingerprint density at radius 3 is 2.65 bits per heavy atom. The lowest BCUT2D eigenvalue weighted by atomic mass is 10.1. The van der Waals surface area contributed by atoms with Crippen LogP contribution in [0.4, 0.5) is 33.2 Å². The van der Waals surface area contributed by atoms with E-state index in [1.54, 1.807) is 11.0 Å². The lowest BCUT2D eigenvalue weighted by molar-refractivity contribution is 0.0999. The van der Waals surface area contributed by atoms with Crippen LogP contribution in [0.2, 0.25) is 5.02 Å². The Kier molecular flexibility index (Phi) is 5.92. The highest BCUT2D eigenvalue weighted by Gasteiger charge is 2.41. The predicted octanol–water partition coefficient (Wildman–Crippen LogP) is 3.91. The number of nitrogens with one attached hydrogen (secondary N) is 1. The fourth-order valence-electron chi connectivity index (χ4n) is 4.90. The number of halogens is 2. The van der Waals surface area contributed by atoms with Crippen molar-refractivity contribution in [2.45, 2.75) is 6.92 Å². The Balaban J connectivity index is 1.29. The van der Waals surface area contributed by atoms with E-state index in [-0.39, 0.29) is 16.3 Å². The number of para-hydroxylation sites is 1. The summed E-state index contributed by atoms with van der Waals surface area (Å²) in [7, 11) is 2.14. The van der Waals surface area contributed by atoms with E-state index in [9.17, 15) is 9.18 Å². The van der Waals surface area contributed by atoms with Crippen LogP contribution in [-0.2, 0) is 0 Å². The van der Waals surface area contributed by atoms with E-state index in [1.807, 2.05) is 13.0 Å². The number of piperazine rings is 1. The summed E-state index contributed by atoms with van der Waals surface area (Å²) in [5.74, 6) is 0.0355. The molecule has 190 valence electrons. The van der Waals surface area contributed by atoms with Crippen molar-refractivity contribution in [3.8, 4) is 0 Å². The number of rotatable bonds is 4. The first-order valence-corrected chi connectivity index (χ1v) is 12.6. The highest BCUT2D eigenvalue weighted by atomic mass is 35.5. The number of nitrogens with zero attached hydrogens (tertiary/aromatic N) is 7. The summed E-state index contributed by atoms with van der Waals surface area (Å²) in [6.45, 7) is 7.09. The van der Waals surface area contributed by atoms with Gasteiger partial charge < -0.3 is 15.1 Å². The minimum Gasteiger partial charge on any atom is -0.369 e. The first kappa shape index (κ1) is 23.6. The quantitative estimate of drug-likeness (QED) is 0.558. The van der Waals surface area contributed by atoms with E-state index < -0.39 is 11.7 Å². The van der Waals surface area contributed by atoms with Crippen LogP contribution in [-0.4, -0.2) is 73.1 Å². The van der Waals surface area contributed by atoms with Crippen molar-refractivity contribution in [1.82, 2.24) is 14.9 Å². The zero-order valence-electron chi connectivity index (χ0n) is 20.6. The number of likely N-dealkylation sites (N-methyl/N-ethyl adjacent to an activating group) is 1. The average molecular weight is 521 g/mol. The predicted molar refractivity (Wildman–Crippen MR) is 144 cm³/mol. The second-order valence-electron chi connectivity index (χ2n) is 9.39. The number of amides is 1. The minimum atomic E-state index is -0.603. The number of fused-ring (bicyclic) bond motifs is 3. The Morgan fingerprint density at radius 1 is 1.08 bits per heavy atom. The van der Waals surface area contributed by atoms with Gasteiger partial charge in [0.15, 0.2) is 5.82 Å². The average Bonchev–Trinajstić information content (AvgIpc) is 3.37. The molecule has 1 N–H and O–H groups in total. The van der Waals surface area contributed by atoms with E-state index in [4.69, 9.17) is 11.6 Å². The SMILES string of the molecule is Cc1cc(N2CCN(C)CC2)ccc1Nc1ncc2c(n1)N1CCN=C1N(c1c(F)cccc1Cl)C2=O. The molecule has 0 spiro atoms. The lowest BCUT2D eigenvalue weighted by Crippen LogP contribution is -2.51. The van der Waals surface area contributed by atoms with Crippen LogP contribution >= 0.6 is 11.6 Å². The maximum absolute atomic E-state index is 14.8. The van der Waals surface area contributed by atoms with E-state index in [0.717, 1.165) is 37.4 Å². The first-order valence-electron chi connectivity index (χ1n) is 12.2. The number of guanidine groups is 1. The zero-order valence-corrected chi connectivity index (χ0v) is 21.3. The van der Waals surface area contributed by atoms with Gasteiger partial charge in [0, 0.05) is 50.3 Å². The van der Waals surface area contributed by atoms with Gasteiger partial charge in [-0.1, -0.05) is 17.7 Å². The van der Waals surface area contributed by atoms with Gasteiger partial charge in [0.05, 0.1) is 11.6 Å². The third-order valence-electron chi connectivity index (χ3n) is 6.96. The standard InChI is InChI=1S/C26H26ClFN8O/c1-16-14-17(34-12-10-33(2)11-13-34)6-7-21(16)31-25-30-15-18-23(32-25)35-9-8-29-26(35)36(24(18)37)22-19(27)4-3-5-20(22)28/h3-7,14-15H,8-13H2,1-2H3,(H,30,31,32). The summed E-state index contributed by atoms with van der Waals surface area (Å²) in [5, 5.41) is 3.42. The molecule has 1 amide bonds. The molecular formula is C26H26ClFN8O. The van der Waals surface area contributed by atoms with Gasteiger partial charge in [0.1, 0.15) is 17.1 Å². The lowest BCUT2D eigenvalue weighted by Gasteiger charge is -2.35. The van der Waals surface area contributed by atoms with Crippen LogP contribution in [0.15, 0.2) is 47.6 Å². The molecular weight excluding hydrogens is 495 g/mol. The minimum absolute atomic E-state index is 0.0243. The normalized spacial score (nSPS) is 17.6. The molecule has 37 heavy (non-hydrogen) atoms. The fraction of sp³-hybridized carbons (Fsp3) is 0.308. The molecule has 0 radical (unpaired) electrons. The Morgan fingerprint density at radius 2 is 1.89 bits per heavy atom. The maximum atomic E-state index is 14.8. The molecule has 1 fully saturated rings. The van der Waals surface area contributed by atoms with Gasteiger partial charge in [-0.2, -0.15) is 4.98 Å². The van der Waals surface area contributed by atoms with Gasteiger partial charge in [-0.05, 0) is 49.9 Å². The van der Waals surface area contributed by atoms with E-state index >= 15 is 0 Å². The Hall–Kier alpha value is -3.76. The largest absolute Gasteiger partial charge is 0.369 e. The van der Waals surface area contributed by atoms with E-state index in [0.29, 0.717) is 30.8 Å². The van der Waals surface area contributed by atoms with Crippen molar-refractivity contribution in [3.63, 3.8) is 0 Å². The highest BCUT2D eigenvalue weighted by Crippen LogP contribution is 2.37. The molecule has 0 aliphatic carbocycles. The number of hydrogen-bond donors (Lipinski definition) is 1. The summed E-state index contributed by atoms with van der Waals surface area (Å²) in [4.78, 5) is 34.8. The van der Waals surface area contributed by atoms with Crippen molar-refractivity contribution in [2.24, 2.45) is 4.99 Å². The van der Waals surface area contributed by atoms with Gasteiger partial charge in [0.2, 0.25) is 11.9 Å². The van der Waals surface area contributed by atoms with E-state index in [2.05, 4.69) is 49.3 Å². The van der Waals surface area contributed by atoms with Crippen LogP contribution in [0.25, 0.3) is 0 Å². The smallest absolute Gasteiger partial charge is 0.270 e. The molecule has 1 saturated heterocycles. The van der Waals surface area contributed by atoms with Crippen molar-refractivity contribution in [1.29, 1.82) is 0 Å². The van der Waals surface area contributed by atoms with Gasteiger partial charge in [-0.3, -0.25) is 14.7 Å². The van der Waals surface area contributed by atoms with Crippen molar-refractivity contribution < 1.29 is 9.18 Å². The molecule has 3 aromatic rings. The summed E-state index contributed by atoms with van der Waals surface area (Å²) in [6, 6.07) is 10.6. The zero-order chi connectivity index (χ0) is 25.7. The molecule has 6 rings (SSSR count). The molecule has 2 aromatic carbocycles. The molecule has 0 unspecified atom stereocenters. The first-order chi connectivity index (χ1) is 17.9. The van der Waals surface area contributed by atoms with E-state index in [1.165, 1.54) is 28.9 Å². The van der Waals surface area contributed by atoms with Gasteiger partial charge in [0.25, 0.3) is 5.91 Å².